The van der Waals surface area contributed by atoms with Crippen molar-refractivity contribution < 1.29 is 14.3 Å². The molecule has 1 heterocycles. The smallest absolute Gasteiger partial charge is 0.337 e. The van der Waals surface area contributed by atoms with E-state index in [-0.39, 0.29) is 5.97 Å². The van der Waals surface area contributed by atoms with Crippen molar-refractivity contribution in [3.8, 4) is 5.88 Å². The zero-order valence-electron chi connectivity index (χ0n) is 10.7. The van der Waals surface area contributed by atoms with Crippen molar-refractivity contribution in [3.63, 3.8) is 0 Å². The van der Waals surface area contributed by atoms with E-state index >= 15 is 0 Å². The fourth-order valence-electron chi connectivity index (χ4n) is 1.88. The lowest BCUT2D eigenvalue weighted by Crippen LogP contribution is -2.01. The maximum Gasteiger partial charge on any atom is 0.337 e. The molecule has 0 aliphatic heterocycles. The highest BCUT2D eigenvalue weighted by molar-refractivity contribution is 5.94. The molecule has 0 spiro atoms. The monoisotopic (exact) mass is 245 g/mol. The van der Waals surface area contributed by atoms with Gasteiger partial charge in [0.25, 0.3) is 0 Å². The Morgan fingerprint density at radius 2 is 2.06 bits per heavy atom. The molecule has 0 aliphatic rings. The number of nitrogens with zero attached hydrogens (tertiary/aromatic N) is 1. The molecule has 94 valence electrons. The SMILES string of the molecule is CCc1cc2cc(C(=O)OC)ccc2nc1OC. The fourth-order valence-corrected chi connectivity index (χ4v) is 1.88. The van der Waals surface area contributed by atoms with Crippen molar-refractivity contribution in [3.05, 3.63) is 35.4 Å². The van der Waals surface area contributed by atoms with E-state index in [0.29, 0.717) is 11.4 Å². The van der Waals surface area contributed by atoms with Crippen molar-refractivity contribution >= 4 is 16.9 Å². The third-order valence-corrected chi connectivity index (χ3v) is 2.85. The highest BCUT2D eigenvalue weighted by atomic mass is 16.5. The molecule has 0 saturated heterocycles. The third kappa shape index (κ3) is 2.14. The number of hydrogen-bond acceptors (Lipinski definition) is 4. The molecule has 0 radical (unpaired) electrons. The first-order valence-electron chi connectivity index (χ1n) is 5.75. The Morgan fingerprint density at radius 1 is 1.28 bits per heavy atom. The summed E-state index contributed by atoms with van der Waals surface area (Å²) >= 11 is 0. The molecule has 0 bridgehead atoms. The Morgan fingerprint density at radius 3 is 2.67 bits per heavy atom. The zero-order chi connectivity index (χ0) is 13.1. The zero-order valence-corrected chi connectivity index (χ0v) is 10.7. The van der Waals surface area contributed by atoms with Crippen molar-refractivity contribution in [1.82, 2.24) is 4.98 Å². The van der Waals surface area contributed by atoms with Gasteiger partial charge in [-0.2, -0.15) is 0 Å². The van der Waals surface area contributed by atoms with E-state index < -0.39 is 0 Å². The molecule has 0 aliphatic carbocycles. The number of fused-ring (bicyclic) bond motifs is 1. The normalized spacial score (nSPS) is 10.4. The first kappa shape index (κ1) is 12.4. The summed E-state index contributed by atoms with van der Waals surface area (Å²) in [5.74, 6) is 0.293. The Bertz CT molecular complexity index is 593. The predicted molar refractivity (Wildman–Crippen MR) is 69.0 cm³/mol. The average molecular weight is 245 g/mol. The summed E-state index contributed by atoms with van der Waals surface area (Å²) in [5, 5.41) is 0.913. The summed E-state index contributed by atoms with van der Waals surface area (Å²) in [7, 11) is 2.98. The molecule has 0 saturated carbocycles. The van der Waals surface area contributed by atoms with Crippen LogP contribution in [0.4, 0.5) is 0 Å². The van der Waals surface area contributed by atoms with Crippen LogP contribution in [0.25, 0.3) is 10.9 Å². The maximum atomic E-state index is 11.5. The number of carbonyl (C=O) groups is 1. The van der Waals surface area contributed by atoms with Crippen LogP contribution in [-0.2, 0) is 11.2 Å². The predicted octanol–water partition coefficient (Wildman–Crippen LogP) is 2.59. The first-order valence-corrected chi connectivity index (χ1v) is 5.75. The van der Waals surface area contributed by atoms with E-state index in [2.05, 4.69) is 4.98 Å². The number of rotatable bonds is 3. The van der Waals surface area contributed by atoms with E-state index in [1.807, 2.05) is 13.0 Å². The molecule has 0 unspecified atom stereocenters. The van der Waals surface area contributed by atoms with E-state index in [4.69, 9.17) is 9.47 Å². The van der Waals surface area contributed by atoms with E-state index in [1.165, 1.54) is 7.11 Å². The molecule has 2 rings (SSSR count). The largest absolute Gasteiger partial charge is 0.481 e. The number of carbonyl (C=O) groups excluding carboxylic acids is 1. The van der Waals surface area contributed by atoms with Crippen LogP contribution in [0.1, 0.15) is 22.8 Å². The summed E-state index contributed by atoms with van der Waals surface area (Å²) in [6.45, 7) is 2.04. The molecular weight excluding hydrogens is 230 g/mol. The average Bonchev–Trinajstić information content (AvgIpc) is 2.44. The summed E-state index contributed by atoms with van der Waals surface area (Å²) in [6.07, 6.45) is 0.828. The van der Waals surface area contributed by atoms with Gasteiger partial charge in [0.15, 0.2) is 0 Å². The lowest BCUT2D eigenvalue weighted by Gasteiger charge is -2.08. The Kier molecular flexibility index (Phi) is 3.46. The van der Waals surface area contributed by atoms with Crippen LogP contribution in [-0.4, -0.2) is 25.2 Å². The minimum atomic E-state index is -0.342. The summed E-state index contributed by atoms with van der Waals surface area (Å²) in [4.78, 5) is 15.9. The topological polar surface area (TPSA) is 48.4 Å². The highest BCUT2D eigenvalue weighted by Crippen LogP contribution is 2.23. The molecule has 0 N–H and O–H groups in total. The second-order valence-corrected chi connectivity index (χ2v) is 3.91. The first-order chi connectivity index (χ1) is 8.69. The molecule has 4 nitrogen and oxygen atoms in total. The standard InChI is InChI=1S/C14H15NO3/c1-4-9-7-11-8-10(14(16)18-3)5-6-12(11)15-13(9)17-2/h5-8H,4H2,1-3H3. The molecule has 1 aromatic heterocycles. The molecule has 0 fully saturated rings. The van der Waals surface area contributed by atoms with Gasteiger partial charge in [-0.3, -0.25) is 0 Å². The Hall–Kier alpha value is -2.10. The number of pyridine rings is 1. The van der Waals surface area contributed by atoms with Gasteiger partial charge in [-0.25, -0.2) is 9.78 Å². The van der Waals surface area contributed by atoms with Gasteiger partial charge in [0.2, 0.25) is 5.88 Å². The maximum absolute atomic E-state index is 11.5. The van der Waals surface area contributed by atoms with E-state index in [1.54, 1.807) is 25.3 Å². The number of ether oxygens (including phenoxy) is 2. The minimum Gasteiger partial charge on any atom is -0.481 e. The quantitative estimate of drug-likeness (QED) is 0.780. The van der Waals surface area contributed by atoms with Crippen molar-refractivity contribution in [2.24, 2.45) is 0 Å². The molecular formula is C14H15NO3. The summed E-state index contributed by atoms with van der Waals surface area (Å²) in [6, 6.07) is 7.27. The molecule has 2 aromatic rings. The van der Waals surface area contributed by atoms with Gasteiger partial charge in [-0.15, -0.1) is 0 Å². The van der Waals surface area contributed by atoms with Gasteiger partial charge in [0.1, 0.15) is 0 Å². The number of aromatic nitrogens is 1. The van der Waals surface area contributed by atoms with Crippen LogP contribution in [0.5, 0.6) is 5.88 Å². The van der Waals surface area contributed by atoms with Crippen LogP contribution in [0.3, 0.4) is 0 Å². The van der Waals surface area contributed by atoms with Crippen LogP contribution < -0.4 is 4.74 Å². The van der Waals surface area contributed by atoms with Crippen LogP contribution >= 0.6 is 0 Å². The minimum absolute atomic E-state index is 0.342. The Labute approximate surface area is 106 Å². The number of hydrogen-bond donors (Lipinski definition) is 0. The van der Waals surface area contributed by atoms with Gasteiger partial charge in [0.05, 0.1) is 25.3 Å². The number of esters is 1. The van der Waals surface area contributed by atoms with Gasteiger partial charge in [-0.1, -0.05) is 6.92 Å². The second kappa shape index (κ2) is 5.04. The lowest BCUT2D eigenvalue weighted by molar-refractivity contribution is 0.0601. The summed E-state index contributed by atoms with van der Waals surface area (Å²) in [5.41, 5.74) is 2.35. The van der Waals surface area contributed by atoms with Crippen molar-refractivity contribution in [2.45, 2.75) is 13.3 Å². The van der Waals surface area contributed by atoms with Gasteiger partial charge >= 0.3 is 5.97 Å². The van der Waals surface area contributed by atoms with Crippen LogP contribution in [0.15, 0.2) is 24.3 Å². The molecule has 1 aromatic carbocycles. The van der Waals surface area contributed by atoms with Crippen molar-refractivity contribution in [1.29, 1.82) is 0 Å². The van der Waals surface area contributed by atoms with Gasteiger partial charge in [-0.05, 0) is 30.7 Å². The second-order valence-electron chi connectivity index (χ2n) is 3.91. The van der Waals surface area contributed by atoms with Gasteiger partial charge < -0.3 is 9.47 Å². The van der Waals surface area contributed by atoms with E-state index in [9.17, 15) is 4.79 Å². The lowest BCUT2D eigenvalue weighted by atomic mass is 10.1. The number of aryl methyl sites for hydroxylation is 1. The number of methoxy groups -OCH3 is 2. The number of benzene rings is 1. The molecule has 4 heteroatoms. The summed E-state index contributed by atoms with van der Waals surface area (Å²) < 4.78 is 9.94. The third-order valence-electron chi connectivity index (χ3n) is 2.85. The van der Waals surface area contributed by atoms with E-state index in [0.717, 1.165) is 22.9 Å². The molecule has 18 heavy (non-hydrogen) atoms. The van der Waals surface area contributed by atoms with Gasteiger partial charge in [0, 0.05) is 10.9 Å². The van der Waals surface area contributed by atoms with Crippen molar-refractivity contribution in [2.75, 3.05) is 14.2 Å². The molecule has 0 amide bonds. The fraction of sp³-hybridized carbons (Fsp3) is 0.286. The molecule has 0 atom stereocenters. The van der Waals surface area contributed by atoms with Crippen LogP contribution in [0.2, 0.25) is 0 Å². The van der Waals surface area contributed by atoms with Crippen LogP contribution in [0, 0.1) is 0 Å². The highest BCUT2D eigenvalue weighted by Gasteiger charge is 2.09. The Balaban J connectivity index is 2.59.